The third kappa shape index (κ3) is 41.9. The van der Waals surface area contributed by atoms with Crippen molar-refractivity contribution in [1.82, 2.24) is 83.2 Å². The monoisotopic (exact) mass is 2380 g/mol. The van der Waals surface area contributed by atoms with Crippen LogP contribution in [0.1, 0.15) is 211 Å². The van der Waals surface area contributed by atoms with E-state index < -0.39 is 98.9 Å². The van der Waals surface area contributed by atoms with E-state index in [-0.39, 0.29) is 311 Å². The smallest absolute Gasteiger partial charge is 1.00 e. The number of anilines is 2. The molecule has 0 aromatic carbocycles. The number of carbonyl (C=O) groups excluding carboxylic acids is 9. The molecule has 12 N–H and O–H groups in total. The van der Waals surface area contributed by atoms with Crippen LogP contribution in [0.4, 0.5) is 33.6 Å². The second kappa shape index (κ2) is 69.3. The summed E-state index contributed by atoms with van der Waals surface area (Å²) in [5.41, 5.74) is 12.5. The molecule has 4 aliphatic rings. The third-order valence-corrected chi connectivity index (χ3v) is 18.5. The second-order valence-corrected chi connectivity index (χ2v) is 34.7. The molecular weight excluding hydrogens is 2270 g/mol. The maximum Gasteiger partial charge on any atom is 1.00 e. The van der Waals surface area contributed by atoms with Crippen LogP contribution < -0.4 is 170 Å². The van der Waals surface area contributed by atoms with E-state index in [0.29, 0.717) is 47.4 Å². The van der Waals surface area contributed by atoms with Gasteiger partial charge in [0.2, 0.25) is 5.82 Å². The molecule has 11 aromatic rings. The Labute approximate surface area is 951 Å². The summed E-state index contributed by atoms with van der Waals surface area (Å²) in [7, 11) is 0. The normalized spacial score (nSPS) is 15.1. The number of aromatic amines is 2. The van der Waals surface area contributed by atoms with Crippen molar-refractivity contribution >= 4 is 168 Å². The molecular formula is C81H109Cl6Cs2F5N20O26P-. The van der Waals surface area contributed by atoms with E-state index >= 15 is 0 Å². The minimum absolute atomic E-state index is 0. The number of aliphatic hydroxyl groups excluding tert-OH is 4. The maximum absolute atomic E-state index is 14.1. The van der Waals surface area contributed by atoms with Gasteiger partial charge in [0.1, 0.15) is 45.3 Å². The number of carbonyl (C=O) groups is 9. The van der Waals surface area contributed by atoms with E-state index in [9.17, 15) is 79.9 Å². The number of Topliss-reactive ketones (excluding diaryl/α,β-unsaturated/α-hetero) is 1. The van der Waals surface area contributed by atoms with Crippen LogP contribution >= 0.6 is 73.7 Å². The topological polar surface area (TPSA) is 642 Å². The molecule has 0 saturated heterocycles. The number of aromatic hydroxyl groups is 1. The molecule has 0 amide bonds. The van der Waals surface area contributed by atoms with Crippen LogP contribution in [0.3, 0.4) is 0 Å². The molecule has 15 rings (SSSR count). The number of rotatable bonds is 18. The molecule has 0 bridgehead atoms. The van der Waals surface area contributed by atoms with Crippen LogP contribution in [0.25, 0.3) is 28.2 Å². The molecule has 0 radical (unpaired) electrons. The van der Waals surface area contributed by atoms with Gasteiger partial charge in [-0.1, -0.05) is 49.7 Å². The van der Waals surface area contributed by atoms with Crippen LogP contribution in [0.2, 0.25) is 15.5 Å². The Bertz CT molecular complexity index is 5920. The third-order valence-electron chi connectivity index (χ3n) is 17.7. The Hall–Kier alpha value is -7.78. The number of nitrogen functional groups attached to an aromatic ring is 1. The minimum atomic E-state index is -3.22. The number of nitrogens with two attached hydrogens (primary N) is 2. The van der Waals surface area contributed by atoms with E-state index in [2.05, 4.69) is 114 Å². The number of alkyl halides is 1. The van der Waals surface area contributed by atoms with Gasteiger partial charge in [-0.15, -0.1) is 0 Å². The number of hydrogen-bond acceptors (Lipinski definition) is 39. The predicted octanol–water partition coefficient (Wildman–Crippen LogP) is 5.06. The van der Waals surface area contributed by atoms with E-state index in [1.165, 1.54) is 48.3 Å². The van der Waals surface area contributed by atoms with Crippen molar-refractivity contribution in [2.45, 2.75) is 185 Å². The summed E-state index contributed by atoms with van der Waals surface area (Å²) in [4.78, 5) is 130. The van der Waals surface area contributed by atoms with Crippen LogP contribution in [0, 0.1) is 36.6 Å². The second-order valence-electron chi connectivity index (χ2n) is 27.0. The fourth-order valence-electron chi connectivity index (χ4n) is 11.8. The molecule has 7 atom stereocenters. The summed E-state index contributed by atoms with van der Waals surface area (Å²) in [6, 6.07) is -0.168. The van der Waals surface area contributed by atoms with Gasteiger partial charge >= 0.3 is 185 Å². The van der Waals surface area contributed by atoms with Crippen molar-refractivity contribution < 1.29 is 282 Å². The Balaban J connectivity index is -0.00000154. The zero-order valence-electron chi connectivity index (χ0n) is 78.0. The predicted molar refractivity (Wildman–Crippen MR) is 495 cm³/mol. The zero-order chi connectivity index (χ0) is 102. The molecule has 3 fully saturated rings. The van der Waals surface area contributed by atoms with Crippen LogP contribution in [0.15, 0.2) is 60.6 Å². The number of aromatic nitrogens is 17. The van der Waals surface area contributed by atoms with Crippen molar-refractivity contribution in [1.29, 1.82) is 0 Å². The Morgan fingerprint density at radius 1 is 0.596 bits per heavy atom. The standard InChI is InChI=1S/C15H17N3O3.C14H17FN4O3.C9H6Cl2FN3O2.C9H7ClFN3O2.C9H8FN3O4.C6H9FO3.C6H9N3O2.C5H11NO.2C2H6O.CH2O3.2CH4.CH3.Cl3OP.2Cs.H/c1-2-20-15(19)10-7-16-18-8-13-11(17-14(10)18)6-9-4-3-5-12(9)21-13;1-2-22-14(21)8-6-16-19-7-9(15)12(18-13(8)19)17-10-4-3-5-11(10)20;1-2-17-9(16)4-3-13-15-7(11)5(12)6(10)14-8(4)15;1-2-16-9(15)5-3-12-14-4-6(11)7(10)13-8(5)14;1-2-17-9(16)4-3-11-13-6(4)12-7(14)5(10)8(13)15;1-3-10-6(9)5(7)4(2)8;1-2-11-6(10)4-3-8-9-5(4)7;6-4-2-1-3-5(4)7;2*1-2-3;2-1-4-3;;;;1-5(2,3)4;;;/h7-9,12H,2-6H2,1H3;6-7,10-11,20H,2-5H2,1H3,(H,17,18);3H,2H2,1H3;3-4H,2H2,1H3;3,15H,2H2,1H3,(H,12,14);5H,3H2,1-2H3;3H,2H2,1H3,(H3,7,8,9);4-5,7H,1-3,6H2;2*3H,2H2,1H3;1,3H;2*1H4;1H3;;;;/q;;;;;;;;;;;;;-1;;2*+1;-1/p-1/t9-,12-;10?,11-;;;;;;4-,5+;;;;;;;;;;/m00.....1........../s1. The van der Waals surface area contributed by atoms with E-state index in [1.807, 2.05) is 6.20 Å². The van der Waals surface area contributed by atoms with Gasteiger partial charge in [0.15, 0.2) is 78.5 Å². The molecule has 2 unspecified atom stereocenters. The molecule has 141 heavy (non-hydrogen) atoms. The van der Waals surface area contributed by atoms with Crippen molar-refractivity contribution in [2.75, 3.05) is 70.5 Å². The SMILES string of the molecule is C.C.CCO.CCO.CCOC(=O)C(F)C(C)=O.CCOC(=O)c1cn[nH]c1N.CCOC(=O)c1cnn2c(Cl)c(F)c(Cl)nc12.CCOC(=O)c1cnn2c(O)c(F)c(=O)[nH]c12.CCOC(=O)c1cnn2cc(F)c(Cl)nc12.CCOC(=O)c1cnn2cc(F)c(NC3CCC[C@@H]3O)nc12.CCOC(=O)c1cnn2cc3c(nc12)C[C@@H]1CCC[C@@H]1O3.N[C@@H]1CCC[C@@H]1O.O=CO[O-].O=P(Cl)(Cl)Cl.[CH3-].[Cs+].[Cs+].[H-]. The molecule has 60 heteroatoms. The Kier molecular flexibility index (Phi) is 66.5. The number of halogens is 11. The number of hydrogen-bond donors (Lipinski definition) is 10. The quantitative estimate of drug-likeness (QED) is 0.00512. The summed E-state index contributed by atoms with van der Waals surface area (Å²) in [5.74, 6) is -8.11. The van der Waals surface area contributed by atoms with Crippen molar-refractivity contribution in [3.63, 3.8) is 0 Å². The van der Waals surface area contributed by atoms with Gasteiger partial charge in [0.25, 0.3) is 24.1 Å². The molecule has 3 aliphatic carbocycles. The van der Waals surface area contributed by atoms with Crippen LogP contribution in [-0.2, 0) is 63.4 Å². The van der Waals surface area contributed by atoms with Crippen molar-refractivity contribution in [3.05, 3.63) is 151 Å². The molecule has 46 nitrogen and oxygen atoms in total. The van der Waals surface area contributed by atoms with Gasteiger partial charge in [-0.2, -0.15) is 44.0 Å². The number of fused-ring (bicyclic) bond motifs is 7. The summed E-state index contributed by atoms with van der Waals surface area (Å²) in [6.07, 6.45) is 18.9. The number of esters is 7. The maximum atomic E-state index is 14.1. The van der Waals surface area contributed by atoms with Crippen LogP contribution in [0.5, 0.6) is 11.6 Å². The Morgan fingerprint density at radius 2 is 1.00 bits per heavy atom. The molecule has 774 valence electrons. The molecule has 3 saturated carbocycles. The van der Waals surface area contributed by atoms with Gasteiger partial charge in [-0.25, -0.2) is 84.6 Å². The van der Waals surface area contributed by atoms with Crippen molar-refractivity contribution in [2.24, 2.45) is 11.7 Å². The number of ether oxygens (including phenoxy) is 8. The number of ketones is 1. The Morgan fingerprint density at radius 3 is 1.43 bits per heavy atom. The van der Waals surface area contributed by atoms with E-state index in [0.717, 1.165) is 90.9 Å². The first-order chi connectivity index (χ1) is 64.5. The van der Waals surface area contributed by atoms with Gasteiger partial charge in [0.05, 0.1) is 126 Å². The first-order valence-corrected chi connectivity index (χ1v) is 46.3. The first-order valence-electron chi connectivity index (χ1n) is 40.8. The average Bonchev–Trinajstić information content (AvgIpc) is 1.61. The first kappa shape index (κ1) is 135. The summed E-state index contributed by atoms with van der Waals surface area (Å²) in [6.45, 7) is 18.0. The van der Waals surface area contributed by atoms with E-state index in [1.54, 1.807) is 66.8 Å². The molecule has 11 aromatic heterocycles. The van der Waals surface area contributed by atoms with Gasteiger partial charge < -0.3 is 104 Å². The summed E-state index contributed by atoms with van der Waals surface area (Å²) >= 11 is 30.6. The molecule has 12 heterocycles. The van der Waals surface area contributed by atoms with Crippen LogP contribution in [-0.4, -0.2) is 259 Å². The zero-order valence-corrected chi connectivity index (χ0v) is 95.0. The minimum Gasteiger partial charge on any atom is -1.00 e. The largest absolute Gasteiger partial charge is 1.00 e. The van der Waals surface area contributed by atoms with Gasteiger partial charge in [-0.3, -0.25) is 24.0 Å². The summed E-state index contributed by atoms with van der Waals surface area (Å²) < 4.78 is 120. The van der Waals surface area contributed by atoms with Gasteiger partial charge in [-0.05, 0) is 167 Å². The number of nitrogens with one attached hydrogen (secondary N) is 3. The number of nitrogens with zero attached hydrogens (tertiary/aromatic N) is 15. The molecule has 1 aliphatic heterocycles. The van der Waals surface area contributed by atoms with E-state index in [4.69, 9.17) is 100 Å². The van der Waals surface area contributed by atoms with Crippen molar-refractivity contribution in [3.8, 4) is 11.6 Å². The average molecular weight is 2380 g/mol. The fourth-order valence-corrected chi connectivity index (χ4v) is 12.4. The van der Waals surface area contributed by atoms with Gasteiger partial charge in [0, 0.05) is 25.2 Å². The summed E-state index contributed by atoms with van der Waals surface area (Å²) in [5, 5.41) is 75.4. The molecule has 0 spiro atoms. The number of H-pyrrole nitrogens is 2. The fraction of sp³-hybridized carbons (Fsp3) is 0.469. The number of aliphatic hydroxyl groups is 4.